The number of halogens is 3. The van der Waals surface area contributed by atoms with E-state index >= 15 is 0 Å². The quantitative estimate of drug-likeness (QED) is 0.879. The lowest BCUT2D eigenvalue weighted by molar-refractivity contribution is -0.169. The molecule has 1 N–H and O–H groups in total. The van der Waals surface area contributed by atoms with Crippen molar-refractivity contribution in [3.05, 3.63) is 35.4 Å². The minimum atomic E-state index is -4.18. The predicted octanol–water partition coefficient (Wildman–Crippen LogP) is 2.94. The van der Waals surface area contributed by atoms with E-state index in [1.54, 1.807) is 0 Å². The molecule has 2 aliphatic rings. The van der Waals surface area contributed by atoms with Gasteiger partial charge in [0, 0.05) is 0 Å². The van der Waals surface area contributed by atoms with Crippen LogP contribution in [0, 0.1) is 0 Å². The predicted molar refractivity (Wildman–Crippen MR) is 60.0 cm³/mol. The summed E-state index contributed by atoms with van der Waals surface area (Å²) in [7, 11) is 0. The Balaban J connectivity index is 1.83. The zero-order valence-corrected chi connectivity index (χ0v) is 9.76. The van der Waals surface area contributed by atoms with E-state index in [0.717, 1.165) is 11.1 Å². The Kier molecular flexibility index (Phi) is 2.64. The van der Waals surface area contributed by atoms with Crippen LogP contribution in [0.2, 0.25) is 0 Å². The summed E-state index contributed by atoms with van der Waals surface area (Å²) >= 11 is 0. The molecule has 1 aromatic carbocycles. The van der Waals surface area contributed by atoms with E-state index in [4.69, 9.17) is 4.74 Å². The van der Waals surface area contributed by atoms with Crippen LogP contribution in [0.1, 0.15) is 30.0 Å². The topological polar surface area (TPSA) is 21.3 Å². The Labute approximate surface area is 103 Å². The highest BCUT2D eigenvalue weighted by Crippen LogP contribution is 2.50. The first-order chi connectivity index (χ1) is 8.52. The van der Waals surface area contributed by atoms with Crippen LogP contribution >= 0.6 is 0 Å². The van der Waals surface area contributed by atoms with Crippen LogP contribution in [0.4, 0.5) is 13.2 Å². The molecule has 3 rings (SSSR count). The third-order valence-corrected chi connectivity index (χ3v) is 3.72. The van der Waals surface area contributed by atoms with Gasteiger partial charge in [0.05, 0.1) is 19.3 Å². The summed E-state index contributed by atoms with van der Waals surface area (Å²) in [6, 6.07) is 7.14. The maximum atomic E-state index is 12.9. The minimum absolute atomic E-state index is 0.162. The fourth-order valence-corrected chi connectivity index (χ4v) is 2.47. The largest absolute Gasteiger partial charge is 0.406 e. The molecule has 98 valence electrons. The highest BCUT2D eigenvalue weighted by molar-refractivity contribution is 5.32. The summed E-state index contributed by atoms with van der Waals surface area (Å²) in [6.45, 7) is 0.780. The Bertz CT molecular complexity index is 454. The Hall–Kier alpha value is -1.07. The molecular formula is C13H14F3NO. The van der Waals surface area contributed by atoms with E-state index in [-0.39, 0.29) is 18.9 Å². The van der Waals surface area contributed by atoms with Crippen molar-refractivity contribution in [2.45, 2.75) is 37.2 Å². The van der Waals surface area contributed by atoms with Gasteiger partial charge in [0.2, 0.25) is 0 Å². The van der Waals surface area contributed by atoms with Gasteiger partial charge in [0.25, 0.3) is 0 Å². The van der Waals surface area contributed by atoms with Crippen LogP contribution in [-0.4, -0.2) is 18.3 Å². The van der Waals surface area contributed by atoms with Crippen molar-refractivity contribution >= 4 is 0 Å². The average Bonchev–Trinajstić information content (AvgIpc) is 3.10. The molecule has 1 unspecified atom stereocenters. The summed E-state index contributed by atoms with van der Waals surface area (Å²) in [4.78, 5) is 0. The van der Waals surface area contributed by atoms with Crippen LogP contribution in [0.3, 0.4) is 0 Å². The van der Waals surface area contributed by atoms with Crippen LogP contribution in [0.5, 0.6) is 0 Å². The Morgan fingerprint density at radius 2 is 1.94 bits per heavy atom. The molecule has 1 fully saturated rings. The van der Waals surface area contributed by atoms with Gasteiger partial charge in [-0.3, -0.25) is 5.32 Å². The smallest absolute Gasteiger partial charge is 0.375 e. The van der Waals surface area contributed by atoms with Gasteiger partial charge in [-0.2, -0.15) is 13.2 Å². The lowest BCUT2D eigenvalue weighted by Gasteiger charge is -2.31. The zero-order valence-electron chi connectivity index (χ0n) is 9.76. The summed E-state index contributed by atoms with van der Waals surface area (Å²) < 4.78 is 44.1. The molecule has 1 saturated carbocycles. The highest BCUT2D eigenvalue weighted by Gasteiger charge is 2.64. The number of hydrogen-bond donors (Lipinski definition) is 1. The van der Waals surface area contributed by atoms with Gasteiger partial charge in [0.15, 0.2) is 0 Å². The Morgan fingerprint density at radius 3 is 2.61 bits per heavy atom. The number of benzene rings is 1. The summed E-state index contributed by atoms with van der Waals surface area (Å²) in [5.74, 6) is 0. The second-order valence-corrected chi connectivity index (χ2v) is 4.99. The maximum Gasteiger partial charge on any atom is 0.406 e. The summed E-state index contributed by atoms with van der Waals surface area (Å²) in [6.07, 6.45) is -3.86. The molecule has 0 saturated heterocycles. The van der Waals surface area contributed by atoms with Crippen LogP contribution in [-0.2, 0) is 11.3 Å². The number of hydrogen-bond acceptors (Lipinski definition) is 2. The van der Waals surface area contributed by atoms with E-state index in [2.05, 4.69) is 5.32 Å². The van der Waals surface area contributed by atoms with Gasteiger partial charge in [-0.15, -0.1) is 0 Å². The van der Waals surface area contributed by atoms with E-state index in [1.807, 2.05) is 24.3 Å². The van der Waals surface area contributed by atoms with Crippen LogP contribution in [0.25, 0.3) is 0 Å². The van der Waals surface area contributed by atoms with Crippen molar-refractivity contribution in [2.75, 3.05) is 6.61 Å². The molecule has 0 amide bonds. The molecule has 2 nitrogen and oxygen atoms in total. The van der Waals surface area contributed by atoms with Crippen LogP contribution in [0.15, 0.2) is 24.3 Å². The fourth-order valence-electron chi connectivity index (χ4n) is 2.47. The van der Waals surface area contributed by atoms with Crippen molar-refractivity contribution < 1.29 is 17.9 Å². The van der Waals surface area contributed by atoms with E-state index in [1.165, 1.54) is 0 Å². The average molecular weight is 257 g/mol. The monoisotopic (exact) mass is 257 g/mol. The molecule has 0 radical (unpaired) electrons. The van der Waals surface area contributed by atoms with Crippen LogP contribution < -0.4 is 5.32 Å². The van der Waals surface area contributed by atoms with Crippen molar-refractivity contribution in [1.82, 2.24) is 5.32 Å². The third kappa shape index (κ3) is 1.91. The molecule has 1 aliphatic heterocycles. The van der Waals surface area contributed by atoms with Crippen molar-refractivity contribution in [2.24, 2.45) is 0 Å². The van der Waals surface area contributed by atoms with Gasteiger partial charge < -0.3 is 4.74 Å². The maximum absolute atomic E-state index is 12.9. The third-order valence-electron chi connectivity index (χ3n) is 3.72. The summed E-state index contributed by atoms with van der Waals surface area (Å²) in [5, 5.41) is 2.75. The first-order valence-electron chi connectivity index (χ1n) is 6.02. The Morgan fingerprint density at radius 1 is 1.22 bits per heavy atom. The van der Waals surface area contributed by atoms with Gasteiger partial charge in [0.1, 0.15) is 5.54 Å². The zero-order chi connectivity index (χ0) is 12.8. The lowest BCUT2D eigenvalue weighted by atomic mass is 9.98. The van der Waals surface area contributed by atoms with Gasteiger partial charge in [-0.25, -0.2) is 0 Å². The minimum Gasteiger partial charge on any atom is -0.375 e. The fraction of sp³-hybridized carbons (Fsp3) is 0.538. The second kappa shape index (κ2) is 3.96. The number of rotatable bonds is 2. The van der Waals surface area contributed by atoms with Crippen molar-refractivity contribution in [3.63, 3.8) is 0 Å². The molecule has 1 aliphatic carbocycles. The van der Waals surface area contributed by atoms with E-state index < -0.39 is 11.7 Å². The van der Waals surface area contributed by atoms with E-state index in [9.17, 15) is 13.2 Å². The standard InChI is InChI=1S/C13H14F3NO/c14-13(15,16)12(5-6-12)17-11-8-18-7-9-3-1-2-4-10(9)11/h1-4,11,17H,5-8H2. The highest BCUT2D eigenvalue weighted by atomic mass is 19.4. The van der Waals surface area contributed by atoms with Gasteiger partial charge in [-0.05, 0) is 24.0 Å². The SMILES string of the molecule is FC(F)(F)C1(NC2COCc3ccccc32)CC1. The molecule has 0 spiro atoms. The van der Waals surface area contributed by atoms with E-state index in [0.29, 0.717) is 13.2 Å². The summed E-state index contributed by atoms with van der Waals surface area (Å²) in [5.41, 5.74) is 0.212. The number of alkyl halides is 3. The molecule has 5 heteroatoms. The molecule has 1 atom stereocenters. The number of fused-ring (bicyclic) bond motifs is 1. The number of ether oxygens (including phenoxy) is 1. The molecule has 0 bridgehead atoms. The molecule has 0 aromatic heterocycles. The molecular weight excluding hydrogens is 243 g/mol. The molecule has 1 heterocycles. The lowest BCUT2D eigenvalue weighted by Crippen LogP contribution is -2.48. The second-order valence-electron chi connectivity index (χ2n) is 4.99. The van der Waals surface area contributed by atoms with Gasteiger partial charge >= 0.3 is 6.18 Å². The van der Waals surface area contributed by atoms with Crippen molar-refractivity contribution in [1.29, 1.82) is 0 Å². The van der Waals surface area contributed by atoms with Gasteiger partial charge in [-0.1, -0.05) is 24.3 Å². The molecule has 18 heavy (non-hydrogen) atoms. The number of nitrogens with one attached hydrogen (secondary N) is 1. The first kappa shape index (κ1) is 12.0. The normalized spacial score (nSPS) is 25.6. The first-order valence-corrected chi connectivity index (χ1v) is 6.02. The molecule has 1 aromatic rings. The van der Waals surface area contributed by atoms with Crippen molar-refractivity contribution in [3.8, 4) is 0 Å².